The van der Waals surface area contributed by atoms with Gasteiger partial charge in [0.05, 0.1) is 5.75 Å². The van der Waals surface area contributed by atoms with Crippen molar-refractivity contribution in [2.75, 3.05) is 25.4 Å². The Morgan fingerprint density at radius 2 is 2.30 bits per heavy atom. The van der Waals surface area contributed by atoms with E-state index in [-0.39, 0.29) is 5.75 Å². The Bertz CT molecular complexity index is 498. The molecule has 2 rings (SSSR count). The molecule has 1 N–H and O–H groups in total. The second-order valence-corrected chi connectivity index (χ2v) is 7.22. The molecule has 1 aromatic heterocycles. The molecule has 1 saturated heterocycles. The smallest absolute Gasteiger partial charge is 0.214 e. The minimum atomic E-state index is -3.20. The molecule has 1 fully saturated rings. The van der Waals surface area contributed by atoms with Gasteiger partial charge in [0.15, 0.2) is 0 Å². The van der Waals surface area contributed by atoms with Crippen molar-refractivity contribution in [1.82, 2.24) is 14.6 Å². The highest BCUT2D eigenvalue weighted by atomic mass is 32.2. The van der Waals surface area contributed by atoms with E-state index in [2.05, 4.69) is 10.3 Å². The van der Waals surface area contributed by atoms with Gasteiger partial charge >= 0.3 is 0 Å². The zero-order valence-electron chi connectivity index (χ0n) is 12.0. The van der Waals surface area contributed by atoms with Crippen LogP contribution in [-0.4, -0.2) is 49.1 Å². The number of hydrogen-bond acceptors (Lipinski definition) is 4. The quantitative estimate of drug-likeness (QED) is 0.816. The summed E-state index contributed by atoms with van der Waals surface area (Å²) in [6.07, 6.45) is 4.36. The monoisotopic (exact) mass is 297 g/mol. The van der Waals surface area contributed by atoms with Crippen LogP contribution < -0.4 is 5.32 Å². The number of likely N-dealkylation sites (N-methyl/N-ethyl adjacent to an activating group) is 1. The zero-order valence-corrected chi connectivity index (χ0v) is 12.8. The van der Waals surface area contributed by atoms with Crippen molar-refractivity contribution in [3.8, 4) is 0 Å². The molecule has 0 aromatic carbocycles. The average Bonchev–Trinajstić information content (AvgIpc) is 2.97. The molecule has 0 spiro atoms. The predicted molar refractivity (Wildman–Crippen MR) is 80.0 cm³/mol. The van der Waals surface area contributed by atoms with Gasteiger partial charge in [-0.2, -0.15) is 0 Å². The molecular weight excluding hydrogens is 274 g/mol. The average molecular weight is 297 g/mol. The highest BCUT2D eigenvalue weighted by Gasteiger charge is 2.25. The first kappa shape index (κ1) is 15.4. The van der Waals surface area contributed by atoms with E-state index in [1.165, 1.54) is 0 Å². The predicted octanol–water partition coefficient (Wildman–Crippen LogP) is 1.03. The highest BCUT2D eigenvalue weighted by molar-refractivity contribution is 7.89. The SMILES string of the molecule is CCN(CC1CCCN1)S(=O)(=O)CCc1ccccn1. The van der Waals surface area contributed by atoms with E-state index in [1.807, 2.05) is 25.1 Å². The Morgan fingerprint density at radius 1 is 1.45 bits per heavy atom. The van der Waals surface area contributed by atoms with Crippen LogP contribution in [-0.2, 0) is 16.4 Å². The largest absolute Gasteiger partial charge is 0.313 e. The molecule has 20 heavy (non-hydrogen) atoms. The molecule has 6 heteroatoms. The van der Waals surface area contributed by atoms with Crippen molar-refractivity contribution in [1.29, 1.82) is 0 Å². The number of sulfonamides is 1. The number of aryl methyl sites for hydroxylation is 1. The third-order valence-electron chi connectivity index (χ3n) is 3.67. The third kappa shape index (κ3) is 4.26. The first-order chi connectivity index (χ1) is 9.62. The summed E-state index contributed by atoms with van der Waals surface area (Å²) in [6, 6.07) is 5.89. The van der Waals surface area contributed by atoms with Crippen molar-refractivity contribution < 1.29 is 8.42 Å². The molecule has 112 valence electrons. The lowest BCUT2D eigenvalue weighted by Gasteiger charge is -2.23. The Kier molecular flexibility index (Phi) is 5.51. The van der Waals surface area contributed by atoms with Crippen molar-refractivity contribution in [3.63, 3.8) is 0 Å². The number of nitrogens with one attached hydrogen (secondary N) is 1. The number of pyridine rings is 1. The van der Waals surface area contributed by atoms with Crippen molar-refractivity contribution in [3.05, 3.63) is 30.1 Å². The third-order valence-corrected chi connectivity index (χ3v) is 5.59. The summed E-state index contributed by atoms with van der Waals surface area (Å²) in [7, 11) is -3.20. The van der Waals surface area contributed by atoms with Gasteiger partial charge in [0.25, 0.3) is 0 Å². The van der Waals surface area contributed by atoms with Crippen LogP contribution in [0.25, 0.3) is 0 Å². The molecule has 1 aromatic rings. The molecule has 0 aliphatic carbocycles. The summed E-state index contributed by atoms with van der Waals surface area (Å²) in [5.41, 5.74) is 0.825. The Morgan fingerprint density at radius 3 is 2.90 bits per heavy atom. The molecule has 1 aliphatic heterocycles. The number of rotatable bonds is 7. The van der Waals surface area contributed by atoms with Gasteiger partial charge in [-0.3, -0.25) is 4.98 Å². The molecule has 0 bridgehead atoms. The fourth-order valence-electron chi connectivity index (χ4n) is 2.51. The second kappa shape index (κ2) is 7.15. The van der Waals surface area contributed by atoms with Crippen LogP contribution >= 0.6 is 0 Å². The molecule has 0 saturated carbocycles. The number of hydrogen-bond donors (Lipinski definition) is 1. The van der Waals surface area contributed by atoms with E-state index in [9.17, 15) is 8.42 Å². The maximum Gasteiger partial charge on any atom is 0.214 e. The van der Waals surface area contributed by atoms with Gasteiger partial charge in [-0.15, -0.1) is 0 Å². The van der Waals surface area contributed by atoms with E-state index in [1.54, 1.807) is 10.5 Å². The van der Waals surface area contributed by atoms with Crippen molar-refractivity contribution in [2.24, 2.45) is 0 Å². The van der Waals surface area contributed by atoms with Crippen molar-refractivity contribution in [2.45, 2.75) is 32.2 Å². The van der Waals surface area contributed by atoms with E-state index in [4.69, 9.17) is 0 Å². The van der Waals surface area contributed by atoms with Crippen molar-refractivity contribution >= 4 is 10.0 Å². The standard InChI is InChI=1S/C14H23N3O2S/c1-2-17(12-14-7-5-10-16-14)20(18,19)11-8-13-6-3-4-9-15-13/h3-4,6,9,14,16H,2,5,7-8,10-12H2,1H3. The van der Waals surface area contributed by atoms with Crippen LogP contribution in [0.4, 0.5) is 0 Å². The van der Waals surface area contributed by atoms with Gasteiger partial charge in [0.2, 0.25) is 10.0 Å². The topological polar surface area (TPSA) is 62.3 Å². The van der Waals surface area contributed by atoms with E-state index < -0.39 is 10.0 Å². The second-order valence-electron chi connectivity index (χ2n) is 5.13. The van der Waals surface area contributed by atoms with Gasteiger partial charge in [-0.25, -0.2) is 12.7 Å². The van der Waals surface area contributed by atoms with Gasteiger partial charge in [-0.05, 0) is 31.5 Å². The summed E-state index contributed by atoms with van der Waals surface area (Å²) in [4.78, 5) is 4.17. The maximum absolute atomic E-state index is 12.4. The fraction of sp³-hybridized carbons (Fsp3) is 0.643. The maximum atomic E-state index is 12.4. The van der Waals surface area contributed by atoms with E-state index >= 15 is 0 Å². The molecule has 5 nitrogen and oxygen atoms in total. The molecule has 2 heterocycles. The van der Waals surface area contributed by atoms with Crippen LogP contribution in [0.1, 0.15) is 25.5 Å². The molecule has 0 amide bonds. The highest BCUT2D eigenvalue weighted by Crippen LogP contribution is 2.11. The van der Waals surface area contributed by atoms with Crippen LogP contribution in [0, 0.1) is 0 Å². The molecule has 1 aliphatic rings. The lowest BCUT2D eigenvalue weighted by atomic mass is 10.2. The van der Waals surface area contributed by atoms with Gasteiger partial charge in [0.1, 0.15) is 0 Å². The van der Waals surface area contributed by atoms with Gasteiger partial charge in [-0.1, -0.05) is 13.0 Å². The van der Waals surface area contributed by atoms with E-state index in [0.717, 1.165) is 25.1 Å². The minimum Gasteiger partial charge on any atom is -0.313 e. The van der Waals surface area contributed by atoms with Crippen LogP contribution in [0.5, 0.6) is 0 Å². The van der Waals surface area contributed by atoms with Gasteiger partial charge in [0, 0.05) is 37.4 Å². The molecular formula is C14H23N3O2S. The summed E-state index contributed by atoms with van der Waals surface area (Å²) in [5.74, 6) is 0.130. The van der Waals surface area contributed by atoms with Crippen LogP contribution in [0.15, 0.2) is 24.4 Å². The summed E-state index contributed by atoms with van der Waals surface area (Å²) >= 11 is 0. The summed E-state index contributed by atoms with van der Waals surface area (Å²) in [5, 5.41) is 3.35. The summed E-state index contributed by atoms with van der Waals surface area (Å²) < 4.78 is 26.4. The van der Waals surface area contributed by atoms with Gasteiger partial charge < -0.3 is 5.32 Å². The fourth-order valence-corrected chi connectivity index (χ4v) is 4.03. The summed E-state index contributed by atoms with van der Waals surface area (Å²) in [6.45, 7) is 4.01. The Balaban J connectivity index is 1.92. The van der Waals surface area contributed by atoms with Crippen LogP contribution in [0.3, 0.4) is 0 Å². The van der Waals surface area contributed by atoms with Crippen LogP contribution in [0.2, 0.25) is 0 Å². The first-order valence-corrected chi connectivity index (χ1v) is 8.84. The molecule has 1 unspecified atom stereocenters. The normalized spacial score (nSPS) is 19.6. The Labute approximate surface area is 121 Å². The lowest BCUT2D eigenvalue weighted by molar-refractivity contribution is 0.383. The number of nitrogens with zero attached hydrogens (tertiary/aromatic N) is 2. The Hall–Kier alpha value is -0.980. The molecule has 1 atom stereocenters. The number of aromatic nitrogens is 1. The molecule has 0 radical (unpaired) electrons. The lowest BCUT2D eigenvalue weighted by Crippen LogP contribution is -2.42. The zero-order chi connectivity index (χ0) is 14.4. The minimum absolute atomic E-state index is 0.130. The van der Waals surface area contributed by atoms with E-state index in [0.29, 0.717) is 25.6 Å². The first-order valence-electron chi connectivity index (χ1n) is 7.23.